The fourth-order valence-electron chi connectivity index (χ4n) is 5.13. The fraction of sp³-hybridized carbons (Fsp3) is 0.143. The van der Waals surface area contributed by atoms with Crippen LogP contribution in [-0.2, 0) is 9.53 Å². The second-order valence-electron chi connectivity index (χ2n) is 10.0. The number of ether oxygens (including phenoxy) is 1. The normalized spacial score (nSPS) is 14.7. The molecule has 5 aromatic rings. The molecule has 44 heavy (non-hydrogen) atoms. The van der Waals surface area contributed by atoms with Crippen molar-refractivity contribution >= 4 is 46.6 Å². The van der Waals surface area contributed by atoms with Crippen LogP contribution in [-0.4, -0.2) is 29.2 Å². The first kappa shape index (κ1) is 29.3. The van der Waals surface area contributed by atoms with Crippen molar-refractivity contribution in [3.05, 3.63) is 139 Å². The zero-order valence-corrected chi connectivity index (χ0v) is 25.9. The van der Waals surface area contributed by atoms with Crippen LogP contribution in [0.25, 0.3) is 23.1 Å². The lowest BCUT2D eigenvalue weighted by Gasteiger charge is -2.26. The number of nitrogens with zero attached hydrogens (tertiary/aromatic N) is 2. The van der Waals surface area contributed by atoms with E-state index in [4.69, 9.17) is 14.1 Å². The second kappa shape index (κ2) is 12.5. The van der Waals surface area contributed by atoms with Crippen molar-refractivity contribution < 1.29 is 18.7 Å². The van der Waals surface area contributed by atoms with E-state index >= 15 is 0 Å². The molecule has 6 rings (SSSR count). The number of ketones is 1. The topological polar surface area (TPSA) is 90.9 Å². The molecule has 7 nitrogen and oxygen atoms in total. The van der Waals surface area contributed by atoms with Crippen molar-refractivity contribution in [2.45, 2.75) is 24.8 Å². The van der Waals surface area contributed by atoms with Crippen molar-refractivity contribution in [1.29, 1.82) is 0 Å². The number of benzene rings is 3. The Kier molecular flexibility index (Phi) is 8.32. The summed E-state index contributed by atoms with van der Waals surface area (Å²) < 4.78 is 13.6. The summed E-state index contributed by atoms with van der Waals surface area (Å²) in [6.45, 7) is 3.47. The fourth-order valence-corrected chi connectivity index (χ4v) is 6.52. The first-order chi connectivity index (χ1) is 21.4. The molecule has 2 aromatic heterocycles. The minimum absolute atomic E-state index is 0.00732. The number of fused-ring (bicyclic) bond motifs is 1. The predicted molar refractivity (Wildman–Crippen MR) is 173 cm³/mol. The molecule has 1 aliphatic heterocycles. The van der Waals surface area contributed by atoms with Crippen LogP contribution < -0.4 is 14.9 Å². The van der Waals surface area contributed by atoms with E-state index in [1.54, 1.807) is 47.5 Å². The van der Waals surface area contributed by atoms with Gasteiger partial charge in [0.25, 0.3) is 5.56 Å². The van der Waals surface area contributed by atoms with E-state index in [9.17, 15) is 14.4 Å². The summed E-state index contributed by atoms with van der Waals surface area (Å²) in [5, 5.41) is 0. The Bertz CT molecular complexity index is 2070. The van der Waals surface area contributed by atoms with Crippen molar-refractivity contribution in [2.75, 3.05) is 12.9 Å². The van der Waals surface area contributed by atoms with Crippen molar-refractivity contribution in [2.24, 2.45) is 4.99 Å². The third kappa shape index (κ3) is 5.64. The van der Waals surface area contributed by atoms with E-state index in [2.05, 4.69) is 0 Å². The van der Waals surface area contributed by atoms with Crippen molar-refractivity contribution in [3.63, 3.8) is 0 Å². The maximum atomic E-state index is 14.1. The van der Waals surface area contributed by atoms with Crippen molar-refractivity contribution in [3.8, 4) is 11.3 Å². The largest absolute Gasteiger partial charge is 0.463 e. The van der Waals surface area contributed by atoms with Gasteiger partial charge in [0.2, 0.25) is 0 Å². The number of thioether (sulfide) groups is 1. The Labute approximate surface area is 261 Å². The highest BCUT2D eigenvalue weighted by Gasteiger charge is 2.35. The van der Waals surface area contributed by atoms with Crippen LogP contribution in [0, 0.1) is 0 Å². The minimum atomic E-state index is -0.745. The third-order valence-electron chi connectivity index (χ3n) is 7.28. The summed E-state index contributed by atoms with van der Waals surface area (Å²) in [5.74, 6) is 0.582. The van der Waals surface area contributed by atoms with E-state index in [1.807, 2.05) is 79.1 Å². The highest BCUT2D eigenvalue weighted by Crippen LogP contribution is 2.35. The van der Waals surface area contributed by atoms with Gasteiger partial charge in [-0.3, -0.25) is 14.2 Å². The van der Waals surface area contributed by atoms with Crippen LogP contribution in [0.15, 0.2) is 116 Å². The maximum absolute atomic E-state index is 14.1. The number of furan rings is 1. The van der Waals surface area contributed by atoms with Gasteiger partial charge in [0.1, 0.15) is 11.5 Å². The van der Waals surface area contributed by atoms with Gasteiger partial charge in [0, 0.05) is 27.7 Å². The number of thiazole rings is 1. The molecular formula is C35H28N2O5S2. The van der Waals surface area contributed by atoms with Gasteiger partial charge < -0.3 is 9.15 Å². The first-order valence-electron chi connectivity index (χ1n) is 14.0. The Morgan fingerprint density at radius 3 is 2.36 bits per heavy atom. The molecule has 0 spiro atoms. The zero-order chi connectivity index (χ0) is 30.8. The Hall–Kier alpha value is -4.73. The van der Waals surface area contributed by atoms with Gasteiger partial charge in [-0.25, -0.2) is 9.79 Å². The molecule has 0 saturated heterocycles. The monoisotopic (exact) mass is 620 g/mol. The Balaban J connectivity index is 1.52. The number of aromatic nitrogens is 1. The van der Waals surface area contributed by atoms with Crippen LogP contribution >= 0.6 is 23.1 Å². The molecule has 0 saturated carbocycles. The standard InChI is InChI=1S/C35H28N2O5S2/c1-4-41-34(40)30-31(24-8-6-5-7-9-24)36-35-37(32(30)25-14-17-27(43-3)18-15-25)33(39)29(44-35)20-26-16-19-28(42-26)23-12-10-22(11-13-23)21(2)38/h5-20,32H,4H2,1-3H3/t32-/m0/s1. The van der Waals surface area contributed by atoms with Gasteiger partial charge in [-0.05, 0) is 49.9 Å². The molecular weight excluding hydrogens is 593 g/mol. The SMILES string of the molecule is CCOC(=O)C1=C(c2ccccc2)N=c2sc(=Cc3ccc(-c4ccc(C(C)=O)cc4)o3)c(=O)n2[C@H]1c1ccc(SC)cc1. The third-order valence-corrected chi connectivity index (χ3v) is 9.01. The Morgan fingerprint density at radius 1 is 0.977 bits per heavy atom. The van der Waals surface area contributed by atoms with E-state index in [-0.39, 0.29) is 17.9 Å². The minimum Gasteiger partial charge on any atom is -0.463 e. The molecule has 0 fully saturated rings. The van der Waals surface area contributed by atoms with Gasteiger partial charge in [-0.2, -0.15) is 0 Å². The number of carbonyl (C=O) groups excluding carboxylic acids is 2. The van der Waals surface area contributed by atoms with Crippen LogP contribution in [0.2, 0.25) is 0 Å². The molecule has 0 amide bonds. The van der Waals surface area contributed by atoms with Gasteiger partial charge in [-0.15, -0.1) is 11.8 Å². The quantitative estimate of drug-likeness (QED) is 0.118. The summed E-state index contributed by atoms with van der Waals surface area (Å²) in [6, 6.07) is 27.4. The molecule has 1 aliphatic rings. The molecule has 220 valence electrons. The number of carbonyl (C=O) groups is 2. The first-order valence-corrected chi connectivity index (χ1v) is 16.1. The van der Waals surface area contributed by atoms with E-state index in [0.29, 0.717) is 37.7 Å². The number of hydrogen-bond donors (Lipinski definition) is 0. The maximum Gasteiger partial charge on any atom is 0.338 e. The predicted octanol–water partition coefficient (Wildman–Crippen LogP) is 6.12. The van der Waals surface area contributed by atoms with Crippen LogP contribution in [0.3, 0.4) is 0 Å². The molecule has 0 aliphatic carbocycles. The van der Waals surface area contributed by atoms with E-state index in [1.165, 1.54) is 18.3 Å². The molecule has 3 heterocycles. The number of rotatable bonds is 8. The highest BCUT2D eigenvalue weighted by molar-refractivity contribution is 7.98. The summed E-state index contributed by atoms with van der Waals surface area (Å²) in [5.41, 5.74) is 3.47. The summed E-state index contributed by atoms with van der Waals surface area (Å²) >= 11 is 2.85. The lowest BCUT2D eigenvalue weighted by atomic mass is 9.93. The lowest BCUT2D eigenvalue weighted by molar-refractivity contribution is -0.138. The number of esters is 1. The van der Waals surface area contributed by atoms with Crippen molar-refractivity contribution in [1.82, 2.24) is 4.57 Å². The van der Waals surface area contributed by atoms with Gasteiger partial charge in [0.15, 0.2) is 10.6 Å². The van der Waals surface area contributed by atoms with E-state index in [0.717, 1.165) is 21.6 Å². The van der Waals surface area contributed by atoms with Crippen LogP contribution in [0.5, 0.6) is 0 Å². The van der Waals surface area contributed by atoms with Crippen LogP contribution in [0.4, 0.5) is 0 Å². The van der Waals surface area contributed by atoms with Gasteiger partial charge in [0.05, 0.1) is 28.5 Å². The zero-order valence-electron chi connectivity index (χ0n) is 24.3. The molecule has 1 atom stereocenters. The highest BCUT2D eigenvalue weighted by atomic mass is 32.2. The smallest absolute Gasteiger partial charge is 0.338 e. The number of Topliss-reactive ketones (excluding diaryl/α,β-unsaturated/α-hetero) is 1. The molecule has 9 heteroatoms. The molecule has 0 N–H and O–H groups in total. The Morgan fingerprint density at radius 2 is 1.70 bits per heavy atom. The average Bonchev–Trinajstić information content (AvgIpc) is 3.65. The molecule has 3 aromatic carbocycles. The molecule has 0 unspecified atom stereocenters. The van der Waals surface area contributed by atoms with E-state index < -0.39 is 12.0 Å². The summed E-state index contributed by atoms with van der Waals surface area (Å²) in [7, 11) is 0. The van der Waals surface area contributed by atoms with Gasteiger partial charge in [-0.1, -0.05) is 78.1 Å². The lowest BCUT2D eigenvalue weighted by Crippen LogP contribution is -2.40. The average molecular weight is 621 g/mol. The summed E-state index contributed by atoms with van der Waals surface area (Å²) in [6.07, 6.45) is 3.69. The van der Waals surface area contributed by atoms with Gasteiger partial charge >= 0.3 is 5.97 Å². The molecule has 0 bridgehead atoms. The molecule has 0 radical (unpaired) electrons. The second-order valence-corrected chi connectivity index (χ2v) is 11.9. The number of hydrogen-bond acceptors (Lipinski definition) is 8. The summed E-state index contributed by atoms with van der Waals surface area (Å²) in [4.78, 5) is 45.8. The van der Waals surface area contributed by atoms with Crippen LogP contribution in [0.1, 0.15) is 47.1 Å².